The largest absolute Gasteiger partial charge is 0.335 e. The third-order valence-corrected chi connectivity index (χ3v) is 3.91. The number of hydrogen-bond acceptors (Lipinski definition) is 4. The summed E-state index contributed by atoms with van der Waals surface area (Å²) in [6.07, 6.45) is 0. The highest BCUT2D eigenvalue weighted by molar-refractivity contribution is 8.00. The fourth-order valence-electron chi connectivity index (χ4n) is 1.82. The van der Waals surface area contributed by atoms with Crippen LogP contribution in [0.1, 0.15) is 24.3 Å². The molecule has 2 heterocycles. The summed E-state index contributed by atoms with van der Waals surface area (Å²) in [4.78, 5) is 24.8. The van der Waals surface area contributed by atoms with Gasteiger partial charge in [-0.15, -0.1) is 0 Å². The molecule has 1 aliphatic rings. The van der Waals surface area contributed by atoms with Crippen molar-refractivity contribution in [2.45, 2.75) is 18.6 Å². The molecule has 1 aliphatic heterocycles. The number of aromatic amines is 1. The molecule has 0 aliphatic carbocycles. The average molecular weight is 253 g/mol. The van der Waals surface area contributed by atoms with Crippen molar-refractivity contribution in [1.82, 2.24) is 15.1 Å². The fourth-order valence-corrected chi connectivity index (χ4v) is 2.93. The van der Waals surface area contributed by atoms with E-state index in [-0.39, 0.29) is 16.2 Å². The summed E-state index contributed by atoms with van der Waals surface area (Å²) >= 11 is 1.87. The Morgan fingerprint density at radius 1 is 1.53 bits per heavy atom. The van der Waals surface area contributed by atoms with E-state index in [2.05, 4.69) is 24.0 Å². The van der Waals surface area contributed by atoms with Gasteiger partial charge in [-0.2, -0.15) is 16.9 Å². The monoisotopic (exact) mass is 253 g/mol. The SMILES string of the molecule is CC1(C)CN(C(=O)c2ccc(=O)[nH]n2)CCS1. The van der Waals surface area contributed by atoms with E-state index in [4.69, 9.17) is 0 Å². The van der Waals surface area contributed by atoms with Crippen molar-refractivity contribution in [3.8, 4) is 0 Å². The van der Waals surface area contributed by atoms with Crippen LogP contribution in [0.2, 0.25) is 0 Å². The van der Waals surface area contributed by atoms with Crippen LogP contribution in [0.5, 0.6) is 0 Å². The van der Waals surface area contributed by atoms with Gasteiger partial charge in [0.25, 0.3) is 11.5 Å². The van der Waals surface area contributed by atoms with Crippen LogP contribution in [0.25, 0.3) is 0 Å². The average Bonchev–Trinajstić information content (AvgIpc) is 2.28. The van der Waals surface area contributed by atoms with Crippen LogP contribution >= 0.6 is 11.8 Å². The van der Waals surface area contributed by atoms with Gasteiger partial charge in [-0.05, 0) is 19.9 Å². The lowest BCUT2D eigenvalue weighted by Crippen LogP contribution is -2.46. The molecule has 0 saturated carbocycles. The van der Waals surface area contributed by atoms with Gasteiger partial charge < -0.3 is 4.90 Å². The Kier molecular flexibility index (Phi) is 3.24. The Hall–Kier alpha value is -1.30. The summed E-state index contributed by atoms with van der Waals surface area (Å²) in [6, 6.07) is 2.79. The molecule has 5 nitrogen and oxygen atoms in total. The highest BCUT2D eigenvalue weighted by Gasteiger charge is 2.30. The molecule has 2 rings (SSSR count). The van der Waals surface area contributed by atoms with Gasteiger partial charge in [0.15, 0.2) is 0 Å². The summed E-state index contributed by atoms with van der Waals surface area (Å²) < 4.78 is 0.0795. The molecular formula is C11H15N3O2S. The molecule has 1 saturated heterocycles. The van der Waals surface area contributed by atoms with Gasteiger partial charge in [-0.1, -0.05) is 0 Å². The van der Waals surface area contributed by atoms with Crippen molar-refractivity contribution in [3.05, 3.63) is 28.2 Å². The molecule has 1 amide bonds. The zero-order valence-electron chi connectivity index (χ0n) is 9.90. The predicted molar refractivity (Wildman–Crippen MR) is 67.3 cm³/mol. The third-order valence-electron chi connectivity index (χ3n) is 2.61. The molecular weight excluding hydrogens is 238 g/mol. The van der Waals surface area contributed by atoms with Crippen molar-refractivity contribution in [2.75, 3.05) is 18.8 Å². The second-order valence-electron chi connectivity index (χ2n) is 4.64. The number of H-pyrrole nitrogens is 1. The smallest absolute Gasteiger partial charge is 0.274 e. The van der Waals surface area contributed by atoms with Crippen molar-refractivity contribution < 1.29 is 4.79 Å². The van der Waals surface area contributed by atoms with Crippen molar-refractivity contribution >= 4 is 17.7 Å². The summed E-state index contributed by atoms with van der Waals surface area (Å²) in [7, 11) is 0. The van der Waals surface area contributed by atoms with Crippen LogP contribution < -0.4 is 5.56 Å². The molecule has 6 heteroatoms. The first-order valence-corrected chi connectivity index (χ1v) is 6.45. The van der Waals surface area contributed by atoms with Crippen LogP contribution in [-0.4, -0.2) is 44.6 Å². The normalized spacial score (nSPS) is 19.1. The Labute approximate surface area is 104 Å². The van der Waals surface area contributed by atoms with E-state index in [1.807, 2.05) is 11.8 Å². The maximum atomic E-state index is 12.1. The minimum Gasteiger partial charge on any atom is -0.335 e. The van der Waals surface area contributed by atoms with Gasteiger partial charge in [0.05, 0.1) is 0 Å². The Morgan fingerprint density at radius 3 is 2.88 bits per heavy atom. The van der Waals surface area contributed by atoms with Crippen LogP contribution in [0.15, 0.2) is 16.9 Å². The van der Waals surface area contributed by atoms with Gasteiger partial charge >= 0.3 is 0 Å². The lowest BCUT2D eigenvalue weighted by Gasteiger charge is -2.37. The van der Waals surface area contributed by atoms with Crippen LogP contribution in [0, 0.1) is 0 Å². The van der Waals surface area contributed by atoms with E-state index in [9.17, 15) is 9.59 Å². The molecule has 1 fully saturated rings. The van der Waals surface area contributed by atoms with E-state index in [0.29, 0.717) is 12.2 Å². The Bertz CT molecular complexity index is 463. The number of rotatable bonds is 1. The van der Waals surface area contributed by atoms with Crippen LogP contribution in [0.4, 0.5) is 0 Å². The first-order valence-electron chi connectivity index (χ1n) is 5.47. The zero-order valence-corrected chi connectivity index (χ0v) is 10.7. The maximum Gasteiger partial charge on any atom is 0.274 e. The second kappa shape index (κ2) is 4.52. The standard InChI is InChI=1S/C11H15N3O2S/c1-11(2)7-14(5-6-17-11)10(16)8-3-4-9(15)13-12-8/h3-4H,5-7H2,1-2H3,(H,13,15). The zero-order chi connectivity index (χ0) is 12.5. The first kappa shape index (κ1) is 12.2. The van der Waals surface area contributed by atoms with Crippen molar-refractivity contribution in [2.24, 2.45) is 0 Å². The molecule has 17 heavy (non-hydrogen) atoms. The minimum absolute atomic E-state index is 0.0795. The summed E-state index contributed by atoms with van der Waals surface area (Å²) in [5.41, 5.74) is 0.00313. The van der Waals surface area contributed by atoms with Gasteiger partial charge in [0.2, 0.25) is 0 Å². The molecule has 0 aromatic carbocycles. The molecule has 0 spiro atoms. The molecule has 0 unspecified atom stereocenters. The molecule has 1 aromatic rings. The number of nitrogens with one attached hydrogen (secondary N) is 1. The Balaban J connectivity index is 2.15. The van der Waals surface area contributed by atoms with Gasteiger partial charge in [-0.25, -0.2) is 5.10 Å². The van der Waals surface area contributed by atoms with Crippen LogP contribution in [0.3, 0.4) is 0 Å². The Morgan fingerprint density at radius 2 is 2.29 bits per heavy atom. The van der Waals surface area contributed by atoms with Crippen LogP contribution in [-0.2, 0) is 0 Å². The van der Waals surface area contributed by atoms with E-state index >= 15 is 0 Å². The number of carbonyl (C=O) groups is 1. The van der Waals surface area contributed by atoms with Gasteiger partial charge in [0.1, 0.15) is 5.69 Å². The summed E-state index contributed by atoms with van der Waals surface area (Å²) in [5.74, 6) is 0.817. The first-order chi connectivity index (χ1) is 7.98. The highest BCUT2D eigenvalue weighted by Crippen LogP contribution is 2.29. The molecule has 92 valence electrons. The van der Waals surface area contributed by atoms with E-state index in [0.717, 1.165) is 12.3 Å². The quantitative estimate of drug-likeness (QED) is 0.801. The topological polar surface area (TPSA) is 66.1 Å². The molecule has 1 aromatic heterocycles. The fraction of sp³-hybridized carbons (Fsp3) is 0.545. The predicted octanol–water partition coefficient (Wildman–Crippen LogP) is 0.737. The van der Waals surface area contributed by atoms with E-state index < -0.39 is 0 Å². The molecule has 0 bridgehead atoms. The lowest BCUT2D eigenvalue weighted by atomic mass is 10.1. The number of thioether (sulfide) groups is 1. The van der Waals surface area contributed by atoms with Gasteiger partial charge in [0, 0.05) is 29.7 Å². The molecule has 1 N–H and O–H groups in total. The lowest BCUT2D eigenvalue weighted by molar-refractivity contribution is 0.0741. The minimum atomic E-state index is -0.295. The maximum absolute atomic E-state index is 12.1. The number of amides is 1. The number of aromatic nitrogens is 2. The second-order valence-corrected chi connectivity index (χ2v) is 6.44. The van der Waals surface area contributed by atoms with Gasteiger partial charge in [-0.3, -0.25) is 9.59 Å². The van der Waals surface area contributed by atoms with Crippen molar-refractivity contribution in [3.63, 3.8) is 0 Å². The van der Waals surface area contributed by atoms with E-state index in [1.165, 1.54) is 12.1 Å². The molecule has 0 radical (unpaired) electrons. The third kappa shape index (κ3) is 2.88. The summed E-state index contributed by atoms with van der Waals surface area (Å²) in [5, 5.41) is 6.05. The van der Waals surface area contributed by atoms with Crippen molar-refractivity contribution in [1.29, 1.82) is 0 Å². The molecule has 0 atom stereocenters. The van der Waals surface area contributed by atoms with E-state index in [1.54, 1.807) is 4.90 Å². The summed E-state index contributed by atoms with van der Waals surface area (Å²) in [6.45, 7) is 5.68. The number of nitrogens with zero attached hydrogens (tertiary/aromatic N) is 2. The highest BCUT2D eigenvalue weighted by atomic mass is 32.2. The number of carbonyl (C=O) groups excluding carboxylic acids is 1. The number of hydrogen-bond donors (Lipinski definition) is 1.